The third-order valence-corrected chi connectivity index (χ3v) is 9.16. The molecule has 4 nitrogen and oxygen atoms in total. The van der Waals surface area contributed by atoms with Crippen molar-refractivity contribution in [2.24, 2.45) is 0 Å². The molecule has 204 valence electrons. The number of benzene rings is 5. The Bertz CT molecular complexity index is 1770. The van der Waals surface area contributed by atoms with Crippen LogP contribution >= 0.6 is 15.9 Å². The lowest BCUT2D eigenvalue weighted by molar-refractivity contribution is 0.253. The Balaban J connectivity index is 1.68. The summed E-state index contributed by atoms with van der Waals surface area (Å²) in [5.74, 6) is 0.267. The molecule has 0 amide bonds. The van der Waals surface area contributed by atoms with Crippen molar-refractivity contribution in [2.75, 3.05) is 7.05 Å². The molecule has 0 radical (unpaired) electrons. The Morgan fingerprint density at radius 3 is 2.23 bits per heavy atom. The lowest BCUT2D eigenvalue weighted by Gasteiger charge is -2.27. The maximum Gasteiger partial charge on any atom is 0.339 e. The molecule has 5 aromatic carbocycles. The number of hydrogen-bond donors (Lipinski definition) is 0. The summed E-state index contributed by atoms with van der Waals surface area (Å²) in [6.07, 6.45) is 0. The molecule has 0 heterocycles. The van der Waals surface area contributed by atoms with Gasteiger partial charge in [-0.1, -0.05) is 88.7 Å². The first-order valence-electron chi connectivity index (χ1n) is 13.2. The highest BCUT2D eigenvalue weighted by atomic mass is 79.9. The number of fused-ring (bicyclic) bond motifs is 1. The van der Waals surface area contributed by atoms with Crippen molar-refractivity contribution in [3.05, 3.63) is 130 Å². The molecule has 0 aliphatic heterocycles. The fourth-order valence-corrected chi connectivity index (χ4v) is 6.81. The highest BCUT2D eigenvalue weighted by molar-refractivity contribution is 9.10. The van der Waals surface area contributed by atoms with Gasteiger partial charge >= 0.3 is 10.1 Å². The van der Waals surface area contributed by atoms with Gasteiger partial charge in [0.15, 0.2) is 0 Å². The second-order valence-electron chi connectivity index (χ2n) is 10.3. The Morgan fingerprint density at radius 2 is 1.50 bits per heavy atom. The highest BCUT2D eigenvalue weighted by Gasteiger charge is 2.27. The second kappa shape index (κ2) is 11.6. The molecule has 5 aromatic rings. The van der Waals surface area contributed by atoms with Crippen LogP contribution in [0.2, 0.25) is 0 Å². The molecule has 1 atom stereocenters. The van der Waals surface area contributed by atoms with Gasteiger partial charge in [-0.05, 0) is 96.7 Å². The number of rotatable bonds is 8. The van der Waals surface area contributed by atoms with E-state index in [4.69, 9.17) is 4.18 Å². The molecule has 0 unspecified atom stereocenters. The van der Waals surface area contributed by atoms with E-state index in [0.29, 0.717) is 12.1 Å². The number of hydrogen-bond acceptors (Lipinski definition) is 4. The average molecular weight is 615 g/mol. The molecule has 6 heteroatoms. The van der Waals surface area contributed by atoms with Gasteiger partial charge in [0.1, 0.15) is 10.6 Å². The lowest BCUT2D eigenvalue weighted by Crippen LogP contribution is -2.22. The summed E-state index contributed by atoms with van der Waals surface area (Å²) >= 11 is 3.40. The van der Waals surface area contributed by atoms with Crippen molar-refractivity contribution in [1.82, 2.24) is 4.90 Å². The van der Waals surface area contributed by atoms with Gasteiger partial charge in [-0.3, -0.25) is 4.90 Å². The van der Waals surface area contributed by atoms with Gasteiger partial charge in [-0.25, -0.2) is 0 Å². The third kappa shape index (κ3) is 5.85. The zero-order valence-electron chi connectivity index (χ0n) is 23.1. The zero-order valence-corrected chi connectivity index (χ0v) is 25.5. The normalized spacial score (nSPS) is 12.6. The van der Waals surface area contributed by atoms with E-state index in [-0.39, 0.29) is 16.7 Å². The molecule has 40 heavy (non-hydrogen) atoms. The van der Waals surface area contributed by atoms with Gasteiger partial charge in [-0.2, -0.15) is 8.42 Å². The molecule has 0 spiro atoms. The third-order valence-electron chi connectivity index (χ3n) is 7.36. The van der Waals surface area contributed by atoms with Crippen LogP contribution in [0.25, 0.3) is 21.9 Å². The Hall–Kier alpha value is -3.45. The molecule has 0 fully saturated rings. The minimum Gasteiger partial charge on any atom is -0.379 e. The Kier molecular flexibility index (Phi) is 8.13. The van der Waals surface area contributed by atoms with Crippen LogP contribution in [0.4, 0.5) is 0 Å². The second-order valence-corrected chi connectivity index (χ2v) is 12.7. The van der Waals surface area contributed by atoms with Crippen LogP contribution in [0.1, 0.15) is 35.2 Å². The fraction of sp³-hybridized carbons (Fsp3) is 0.176. The van der Waals surface area contributed by atoms with E-state index >= 15 is 0 Å². The summed E-state index contributed by atoms with van der Waals surface area (Å²) in [7, 11) is -2.05. The summed E-state index contributed by atoms with van der Waals surface area (Å²) in [6.45, 7) is 6.71. The number of halogens is 1. The maximum absolute atomic E-state index is 13.9. The Morgan fingerprint density at radius 1 is 0.825 bits per heavy atom. The highest BCUT2D eigenvalue weighted by Crippen LogP contribution is 2.40. The van der Waals surface area contributed by atoms with Crippen molar-refractivity contribution in [3.8, 4) is 16.9 Å². The predicted octanol–water partition coefficient (Wildman–Crippen LogP) is 8.85. The van der Waals surface area contributed by atoms with Gasteiger partial charge in [-0.15, -0.1) is 0 Å². The van der Waals surface area contributed by atoms with Crippen molar-refractivity contribution >= 4 is 36.8 Å². The average Bonchev–Trinajstić information content (AvgIpc) is 2.94. The van der Waals surface area contributed by atoms with E-state index in [2.05, 4.69) is 83.3 Å². The Labute approximate surface area is 245 Å². The van der Waals surface area contributed by atoms with Crippen LogP contribution in [-0.2, 0) is 16.7 Å². The molecule has 0 bridgehead atoms. The van der Waals surface area contributed by atoms with Crippen molar-refractivity contribution < 1.29 is 12.6 Å². The minimum absolute atomic E-state index is 0.170. The summed E-state index contributed by atoms with van der Waals surface area (Å²) in [5, 5.41) is 2.06. The predicted molar refractivity (Wildman–Crippen MR) is 167 cm³/mol. The zero-order chi connectivity index (χ0) is 28.4. The van der Waals surface area contributed by atoms with E-state index in [9.17, 15) is 8.42 Å². The van der Waals surface area contributed by atoms with Crippen LogP contribution in [0, 0.1) is 13.8 Å². The van der Waals surface area contributed by atoms with E-state index in [1.54, 1.807) is 30.3 Å². The molecule has 5 rings (SSSR count). The van der Waals surface area contributed by atoms with E-state index in [0.717, 1.165) is 37.5 Å². The fourth-order valence-electron chi connectivity index (χ4n) is 5.24. The topological polar surface area (TPSA) is 46.6 Å². The van der Waals surface area contributed by atoms with E-state index in [1.807, 2.05) is 38.1 Å². The molecule has 0 N–H and O–H groups in total. The molecule has 0 saturated carbocycles. The molecular formula is C34H32BrNO3S. The standard InChI is InChI=1S/C34H32BrNO3S/c1-23-20-24(2)33(32(21-23)40(37,38)39-30-18-16-29(35)17-19-30)34-28(15-14-27-12-8-9-13-31(27)34)22-36(4)25(3)26-10-6-5-7-11-26/h5-21,25H,22H2,1-4H3/t25-/m1/s1. The molecule has 0 aromatic heterocycles. The van der Waals surface area contributed by atoms with Crippen molar-refractivity contribution in [3.63, 3.8) is 0 Å². The summed E-state index contributed by atoms with van der Waals surface area (Å²) in [4.78, 5) is 2.46. The minimum atomic E-state index is -4.15. The van der Waals surface area contributed by atoms with Gasteiger partial charge in [0.2, 0.25) is 0 Å². The van der Waals surface area contributed by atoms with Crippen molar-refractivity contribution in [1.29, 1.82) is 0 Å². The van der Waals surface area contributed by atoms with Crippen LogP contribution in [0.5, 0.6) is 5.75 Å². The number of aryl methyl sites for hydroxylation is 2. The monoisotopic (exact) mass is 613 g/mol. The first-order valence-corrected chi connectivity index (χ1v) is 15.4. The van der Waals surface area contributed by atoms with Gasteiger partial charge in [0.05, 0.1) is 0 Å². The maximum atomic E-state index is 13.9. The quantitative estimate of drug-likeness (QED) is 0.164. The van der Waals surface area contributed by atoms with Crippen molar-refractivity contribution in [2.45, 2.75) is 38.3 Å². The SMILES string of the molecule is Cc1cc(C)c(-c2c(CN(C)[C@H](C)c3ccccc3)ccc3ccccc23)c(S(=O)(=O)Oc2ccc(Br)cc2)c1. The summed E-state index contributed by atoms with van der Waals surface area (Å²) in [6, 6.07) is 33.5. The lowest BCUT2D eigenvalue weighted by atomic mass is 9.89. The number of nitrogens with zero attached hydrogens (tertiary/aromatic N) is 1. The van der Waals surface area contributed by atoms with Crippen LogP contribution in [0.3, 0.4) is 0 Å². The summed E-state index contributed by atoms with van der Waals surface area (Å²) < 4.78 is 34.3. The van der Waals surface area contributed by atoms with Crippen LogP contribution in [-0.4, -0.2) is 20.4 Å². The van der Waals surface area contributed by atoms with Gasteiger partial charge < -0.3 is 4.18 Å². The largest absolute Gasteiger partial charge is 0.379 e. The molecule has 0 saturated heterocycles. The summed E-state index contributed by atoms with van der Waals surface area (Å²) in [5.41, 5.74) is 5.61. The van der Waals surface area contributed by atoms with Gasteiger partial charge in [0.25, 0.3) is 0 Å². The molecule has 0 aliphatic carbocycles. The molecular weight excluding hydrogens is 582 g/mol. The smallest absolute Gasteiger partial charge is 0.339 e. The molecule has 0 aliphatic rings. The van der Waals surface area contributed by atoms with Gasteiger partial charge in [0, 0.05) is 22.6 Å². The van der Waals surface area contributed by atoms with E-state index in [1.165, 1.54) is 5.56 Å². The van der Waals surface area contributed by atoms with Crippen LogP contribution < -0.4 is 4.18 Å². The first-order chi connectivity index (χ1) is 19.1. The van der Waals surface area contributed by atoms with Crippen LogP contribution in [0.15, 0.2) is 112 Å². The first kappa shape index (κ1) is 28.1. The van der Waals surface area contributed by atoms with E-state index < -0.39 is 10.1 Å².